The van der Waals surface area contributed by atoms with Crippen molar-refractivity contribution in [3.05, 3.63) is 54.4 Å². The number of hydrogen-bond acceptors (Lipinski definition) is 3. The van der Waals surface area contributed by atoms with Crippen molar-refractivity contribution in [2.45, 2.75) is 109 Å². The molecule has 1 aliphatic heterocycles. The van der Waals surface area contributed by atoms with Gasteiger partial charge in [-0.2, -0.15) is 0 Å². The van der Waals surface area contributed by atoms with E-state index in [0.717, 1.165) is 25.0 Å². The van der Waals surface area contributed by atoms with Crippen LogP contribution in [0.15, 0.2) is 54.1 Å². The molecular formula is C28H50Cl2N4. The number of halogens is 2. The predicted molar refractivity (Wildman–Crippen MR) is 153 cm³/mol. The summed E-state index contributed by atoms with van der Waals surface area (Å²) in [5.41, 5.74) is 5.81. The fourth-order valence-corrected chi connectivity index (χ4v) is 4.14. The molecule has 0 saturated carbocycles. The number of pyridine rings is 1. The highest BCUT2D eigenvalue weighted by atomic mass is 35.5. The van der Waals surface area contributed by atoms with Gasteiger partial charge in [0, 0.05) is 50.5 Å². The first kappa shape index (κ1) is 32.8. The lowest BCUT2D eigenvalue weighted by Gasteiger charge is -2.19. The first-order valence-electron chi connectivity index (χ1n) is 13.3. The van der Waals surface area contributed by atoms with E-state index in [1.807, 2.05) is 0 Å². The van der Waals surface area contributed by atoms with Crippen LogP contribution in [0.3, 0.4) is 0 Å². The Balaban J connectivity index is 0.00000544. The number of nitrogens with two attached hydrogens (primary N) is 1. The molecule has 1 aromatic rings. The monoisotopic (exact) mass is 512 g/mol. The van der Waals surface area contributed by atoms with Crippen molar-refractivity contribution in [1.82, 2.24) is 9.47 Å². The molecule has 0 fully saturated rings. The Hall–Kier alpha value is -1.23. The van der Waals surface area contributed by atoms with Crippen molar-refractivity contribution >= 4 is 24.8 Å². The lowest BCUT2D eigenvalue weighted by Crippen LogP contribution is -2.22. The molecule has 196 valence electrons. The summed E-state index contributed by atoms with van der Waals surface area (Å²) in [5.74, 6) is 0. The normalized spacial score (nSPS) is 12.9. The van der Waals surface area contributed by atoms with E-state index in [1.165, 1.54) is 89.9 Å². The van der Waals surface area contributed by atoms with E-state index in [-0.39, 0.29) is 30.9 Å². The summed E-state index contributed by atoms with van der Waals surface area (Å²) in [6.45, 7) is 5.47. The van der Waals surface area contributed by atoms with Gasteiger partial charge in [-0.1, -0.05) is 77.6 Å². The predicted octanol–water partition coefficient (Wildman–Crippen LogP) is 7.38. The molecule has 0 aromatic carbocycles. The number of nitrogens with zero attached hydrogens (tertiary/aromatic N) is 3. The minimum Gasteiger partial charge on any atom is -0.355 e. The van der Waals surface area contributed by atoms with Gasteiger partial charge >= 0.3 is 0 Å². The maximum absolute atomic E-state index is 5.81. The minimum absolute atomic E-state index is 0. The molecule has 0 atom stereocenters. The van der Waals surface area contributed by atoms with Crippen LogP contribution in [0, 0.1) is 0 Å². The molecule has 0 spiro atoms. The van der Waals surface area contributed by atoms with Crippen LogP contribution in [-0.2, 0) is 6.54 Å². The topological polar surface area (TPSA) is 46.5 Å². The molecule has 1 aliphatic rings. The zero-order chi connectivity index (χ0) is 22.7. The highest BCUT2D eigenvalue weighted by Gasteiger charge is 2.02. The summed E-state index contributed by atoms with van der Waals surface area (Å²) < 4.78 is 2.31. The average Bonchev–Trinajstić information content (AvgIpc) is 2.82. The van der Waals surface area contributed by atoms with Gasteiger partial charge in [0.05, 0.1) is 5.36 Å². The Morgan fingerprint density at radius 1 is 0.706 bits per heavy atom. The van der Waals surface area contributed by atoms with Crippen LogP contribution in [-0.4, -0.2) is 28.6 Å². The fourth-order valence-electron chi connectivity index (χ4n) is 4.14. The lowest BCUT2D eigenvalue weighted by molar-refractivity contribution is 0.456. The Labute approximate surface area is 221 Å². The van der Waals surface area contributed by atoms with Gasteiger partial charge in [0.15, 0.2) is 0 Å². The van der Waals surface area contributed by atoms with E-state index in [0.29, 0.717) is 0 Å². The van der Waals surface area contributed by atoms with Crippen molar-refractivity contribution in [3.8, 4) is 0 Å². The fraction of sp³-hybridized carbons (Fsp3) is 0.679. The summed E-state index contributed by atoms with van der Waals surface area (Å²) in [5, 5.41) is 1.13. The van der Waals surface area contributed by atoms with Crippen molar-refractivity contribution in [1.29, 1.82) is 0 Å². The van der Waals surface area contributed by atoms with Gasteiger partial charge < -0.3 is 15.2 Å². The standard InChI is InChI=1S/C28H48N4.2ClH/c1-2-3-4-5-10-13-20-30-28-18-25-32(26-19-28)22-15-12-9-7-6-8-11-14-21-31-23-16-27(29)17-24-31;;/h16-19,23-27H,2-15,20-22,29H2,1H3;2*1H. The quantitative estimate of drug-likeness (QED) is 0.208. The third-order valence-electron chi connectivity index (χ3n) is 6.26. The molecule has 4 nitrogen and oxygen atoms in total. The molecule has 34 heavy (non-hydrogen) atoms. The number of rotatable bonds is 18. The first-order valence-corrected chi connectivity index (χ1v) is 13.3. The molecule has 2 N–H and O–H groups in total. The SMILES string of the molecule is CCCCCCCCN=c1ccn(CCCCCCCCCCN2C=CC(N)C=C2)cc1.Cl.Cl. The van der Waals surface area contributed by atoms with Crippen molar-refractivity contribution < 1.29 is 0 Å². The average molecular weight is 514 g/mol. The van der Waals surface area contributed by atoms with Gasteiger partial charge in [0.1, 0.15) is 0 Å². The first-order chi connectivity index (χ1) is 15.8. The Morgan fingerprint density at radius 2 is 1.21 bits per heavy atom. The van der Waals surface area contributed by atoms with Crippen LogP contribution >= 0.6 is 24.8 Å². The van der Waals surface area contributed by atoms with Crippen molar-refractivity contribution in [2.75, 3.05) is 13.1 Å². The second kappa shape index (κ2) is 22.2. The maximum Gasteiger partial charge on any atom is 0.0603 e. The summed E-state index contributed by atoms with van der Waals surface area (Å²) in [6, 6.07) is 4.43. The van der Waals surface area contributed by atoms with Gasteiger partial charge in [-0.15, -0.1) is 24.8 Å². The highest BCUT2D eigenvalue weighted by molar-refractivity contribution is 5.85. The van der Waals surface area contributed by atoms with Crippen LogP contribution in [0.1, 0.15) is 96.8 Å². The van der Waals surface area contributed by atoms with Crippen LogP contribution in [0.2, 0.25) is 0 Å². The Kier molecular flexibility index (Phi) is 21.4. The summed E-state index contributed by atoms with van der Waals surface area (Å²) >= 11 is 0. The highest BCUT2D eigenvalue weighted by Crippen LogP contribution is 2.11. The molecule has 2 rings (SSSR count). The third kappa shape index (κ3) is 16.4. The van der Waals surface area contributed by atoms with Gasteiger partial charge in [0.2, 0.25) is 0 Å². The lowest BCUT2D eigenvalue weighted by atomic mass is 10.1. The Morgan fingerprint density at radius 3 is 1.79 bits per heavy atom. The molecule has 0 bridgehead atoms. The number of unbranched alkanes of at least 4 members (excludes halogenated alkanes) is 12. The zero-order valence-electron chi connectivity index (χ0n) is 21.5. The molecule has 6 heteroatoms. The van der Waals surface area contributed by atoms with E-state index in [9.17, 15) is 0 Å². The van der Waals surface area contributed by atoms with Crippen LogP contribution < -0.4 is 11.1 Å². The van der Waals surface area contributed by atoms with Crippen LogP contribution in [0.4, 0.5) is 0 Å². The maximum atomic E-state index is 5.81. The van der Waals surface area contributed by atoms with Crippen LogP contribution in [0.5, 0.6) is 0 Å². The minimum atomic E-state index is 0. The van der Waals surface area contributed by atoms with Gasteiger partial charge in [0.25, 0.3) is 0 Å². The van der Waals surface area contributed by atoms with Gasteiger partial charge in [-0.25, -0.2) is 0 Å². The molecule has 0 radical (unpaired) electrons. The van der Waals surface area contributed by atoms with Crippen LogP contribution in [0.25, 0.3) is 0 Å². The number of hydrogen-bond donors (Lipinski definition) is 1. The van der Waals surface area contributed by atoms with Crippen molar-refractivity contribution in [3.63, 3.8) is 0 Å². The van der Waals surface area contributed by atoms with E-state index >= 15 is 0 Å². The molecular weight excluding hydrogens is 463 g/mol. The number of aryl methyl sites for hydroxylation is 1. The second-order valence-electron chi connectivity index (χ2n) is 9.27. The molecule has 2 heterocycles. The van der Waals surface area contributed by atoms with E-state index in [2.05, 4.69) is 65.5 Å². The number of aromatic nitrogens is 1. The van der Waals surface area contributed by atoms with Crippen molar-refractivity contribution in [2.24, 2.45) is 10.7 Å². The third-order valence-corrected chi connectivity index (χ3v) is 6.26. The molecule has 0 aliphatic carbocycles. The summed E-state index contributed by atoms with van der Waals surface area (Å²) in [7, 11) is 0. The van der Waals surface area contributed by atoms with E-state index in [4.69, 9.17) is 10.7 Å². The Bertz CT molecular complexity index is 680. The smallest absolute Gasteiger partial charge is 0.0603 e. The molecule has 0 amide bonds. The largest absolute Gasteiger partial charge is 0.355 e. The molecule has 0 unspecified atom stereocenters. The molecule has 1 aromatic heterocycles. The molecule has 0 saturated heterocycles. The second-order valence-corrected chi connectivity index (χ2v) is 9.27. The zero-order valence-corrected chi connectivity index (χ0v) is 23.1. The van der Waals surface area contributed by atoms with Gasteiger partial charge in [-0.3, -0.25) is 4.99 Å². The van der Waals surface area contributed by atoms with E-state index in [1.54, 1.807) is 0 Å². The summed E-state index contributed by atoms with van der Waals surface area (Å²) in [6.07, 6.45) is 31.4. The van der Waals surface area contributed by atoms with E-state index < -0.39 is 0 Å². The summed E-state index contributed by atoms with van der Waals surface area (Å²) in [4.78, 5) is 6.97. The van der Waals surface area contributed by atoms with Gasteiger partial charge in [-0.05, 0) is 43.5 Å².